The van der Waals surface area contributed by atoms with Gasteiger partial charge < -0.3 is 9.47 Å². The molecule has 0 aliphatic heterocycles. The van der Waals surface area contributed by atoms with Gasteiger partial charge in [0.1, 0.15) is 6.10 Å². The molecule has 0 saturated carbocycles. The van der Waals surface area contributed by atoms with Crippen LogP contribution >= 0.6 is 15.9 Å². The summed E-state index contributed by atoms with van der Waals surface area (Å²) in [6.07, 6.45) is 1.28. The molecule has 0 bridgehead atoms. The SMILES string of the molecule is CCO[C@H]1C(C)=[13C](Br)C[C@@H]1OC. The zero-order valence-electron chi connectivity index (χ0n) is 7.76. The fourth-order valence-electron chi connectivity index (χ4n) is 1.50. The lowest BCUT2D eigenvalue weighted by atomic mass is 10.2. The first-order valence-electron chi connectivity index (χ1n) is 4.20. The molecule has 0 fully saturated rings. The highest BCUT2D eigenvalue weighted by atomic mass is 79.9. The van der Waals surface area contributed by atoms with E-state index in [1.807, 2.05) is 6.92 Å². The van der Waals surface area contributed by atoms with Crippen molar-refractivity contribution in [3.63, 3.8) is 0 Å². The smallest absolute Gasteiger partial charge is 0.106 e. The van der Waals surface area contributed by atoms with E-state index >= 15 is 0 Å². The van der Waals surface area contributed by atoms with Gasteiger partial charge in [0.25, 0.3) is 0 Å². The average Bonchev–Trinajstić information content (AvgIpc) is 2.33. The molecule has 0 N–H and O–H groups in total. The molecule has 1 aliphatic rings. The second kappa shape index (κ2) is 4.40. The van der Waals surface area contributed by atoms with E-state index in [9.17, 15) is 0 Å². The number of ether oxygens (including phenoxy) is 2. The molecule has 0 unspecified atom stereocenters. The molecule has 12 heavy (non-hydrogen) atoms. The van der Waals surface area contributed by atoms with E-state index in [4.69, 9.17) is 9.47 Å². The Balaban J connectivity index is 2.65. The fourth-order valence-corrected chi connectivity index (χ4v) is 2.04. The lowest BCUT2D eigenvalue weighted by Crippen LogP contribution is -2.27. The molecule has 0 amide bonds. The third-order valence-corrected chi connectivity index (χ3v) is 3.17. The van der Waals surface area contributed by atoms with E-state index in [2.05, 4.69) is 22.9 Å². The maximum atomic E-state index is 5.58. The van der Waals surface area contributed by atoms with E-state index < -0.39 is 0 Å². The van der Waals surface area contributed by atoms with Crippen molar-refractivity contribution in [2.75, 3.05) is 13.7 Å². The summed E-state index contributed by atoms with van der Waals surface area (Å²) >= 11 is 3.51. The topological polar surface area (TPSA) is 18.5 Å². The zero-order valence-corrected chi connectivity index (χ0v) is 9.35. The lowest BCUT2D eigenvalue weighted by molar-refractivity contribution is -0.0233. The summed E-state index contributed by atoms with van der Waals surface area (Å²) in [7, 11) is 1.73. The Morgan fingerprint density at radius 3 is 2.75 bits per heavy atom. The van der Waals surface area contributed by atoms with Crippen LogP contribution in [0.2, 0.25) is 0 Å². The van der Waals surface area contributed by atoms with E-state index in [1.54, 1.807) is 7.11 Å². The largest absolute Gasteiger partial charge is 0.378 e. The van der Waals surface area contributed by atoms with Crippen molar-refractivity contribution >= 4 is 15.9 Å². The van der Waals surface area contributed by atoms with Gasteiger partial charge in [-0.15, -0.1) is 0 Å². The normalized spacial score (nSPS) is 30.0. The Kier molecular flexibility index (Phi) is 3.75. The van der Waals surface area contributed by atoms with Crippen LogP contribution in [0.3, 0.4) is 0 Å². The first kappa shape index (κ1) is 10.2. The second-order valence-electron chi connectivity index (χ2n) is 2.94. The molecule has 0 saturated heterocycles. The summed E-state index contributed by atoms with van der Waals surface area (Å²) < 4.78 is 12.1. The van der Waals surface area contributed by atoms with Gasteiger partial charge in [-0.1, -0.05) is 15.9 Å². The number of methoxy groups -OCH3 is 1. The molecule has 2 atom stereocenters. The summed E-state index contributed by atoms with van der Waals surface area (Å²) in [5.74, 6) is 0. The Hall–Kier alpha value is 0.140. The number of rotatable bonds is 3. The Morgan fingerprint density at radius 1 is 1.58 bits per heavy atom. The predicted octanol–water partition coefficient (Wildman–Crippen LogP) is 2.48. The van der Waals surface area contributed by atoms with Crippen molar-refractivity contribution in [2.24, 2.45) is 0 Å². The maximum absolute atomic E-state index is 5.58. The Labute approximate surface area is 82.1 Å². The molecule has 0 heterocycles. The molecule has 0 aromatic rings. The number of halogens is 1. The molecule has 1 rings (SSSR count). The van der Waals surface area contributed by atoms with Gasteiger partial charge in [-0.25, -0.2) is 0 Å². The highest BCUT2D eigenvalue weighted by molar-refractivity contribution is 9.11. The second-order valence-corrected chi connectivity index (χ2v) is 3.90. The van der Waals surface area contributed by atoms with Gasteiger partial charge in [0, 0.05) is 20.1 Å². The van der Waals surface area contributed by atoms with Crippen molar-refractivity contribution in [3.05, 3.63) is 10.1 Å². The summed E-state index contributed by atoms with van der Waals surface area (Å²) in [4.78, 5) is 0. The third-order valence-electron chi connectivity index (χ3n) is 2.22. The predicted molar refractivity (Wildman–Crippen MR) is 52.5 cm³/mol. The quantitative estimate of drug-likeness (QED) is 0.701. The number of hydrogen-bond acceptors (Lipinski definition) is 2. The van der Waals surface area contributed by atoms with Crippen molar-refractivity contribution in [1.29, 1.82) is 0 Å². The van der Waals surface area contributed by atoms with E-state index in [1.165, 1.54) is 10.1 Å². The minimum absolute atomic E-state index is 0.148. The van der Waals surface area contributed by atoms with Crippen LogP contribution < -0.4 is 0 Å². The van der Waals surface area contributed by atoms with Crippen LogP contribution in [0.25, 0.3) is 0 Å². The fraction of sp³-hybridized carbons (Fsp3) is 0.778. The lowest BCUT2D eigenvalue weighted by Gasteiger charge is -2.19. The standard InChI is InChI=1S/C9H15BrO2/c1-4-12-9-6(2)7(10)5-8(9)11-3/h8-9H,4-5H2,1-3H3/t8-,9-/m0/s1/i7+1. The van der Waals surface area contributed by atoms with Gasteiger partial charge in [0.15, 0.2) is 0 Å². The van der Waals surface area contributed by atoms with Crippen LogP contribution in [0, 0.1) is 0 Å². The number of hydrogen-bond donors (Lipinski definition) is 0. The summed E-state index contributed by atoms with van der Waals surface area (Å²) in [6, 6.07) is 0. The molecular weight excluding hydrogens is 221 g/mol. The monoisotopic (exact) mass is 235 g/mol. The van der Waals surface area contributed by atoms with Gasteiger partial charge in [0.05, 0.1) is 6.10 Å². The zero-order chi connectivity index (χ0) is 9.14. The van der Waals surface area contributed by atoms with E-state index in [0.29, 0.717) is 0 Å². The van der Waals surface area contributed by atoms with Crippen LogP contribution in [-0.2, 0) is 9.47 Å². The van der Waals surface area contributed by atoms with Gasteiger partial charge >= 0.3 is 0 Å². The molecule has 3 heteroatoms. The van der Waals surface area contributed by atoms with Crippen LogP contribution in [-0.4, -0.2) is 25.9 Å². The van der Waals surface area contributed by atoms with Crippen LogP contribution in [0.1, 0.15) is 20.3 Å². The molecule has 0 aromatic carbocycles. The molecule has 0 radical (unpaired) electrons. The molecule has 1 aliphatic carbocycles. The summed E-state index contributed by atoms with van der Waals surface area (Å²) in [5, 5.41) is 0. The minimum Gasteiger partial charge on any atom is -0.378 e. The maximum Gasteiger partial charge on any atom is 0.106 e. The minimum atomic E-state index is 0.148. The van der Waals surface area contributed by atoms with E-state index in [0.717, 1.165) is 13.0 Å². The van der Waals surface area contributed by atoms with Gasteiger partial charge in [0.2, 0.25) is 0 Å². The average molecular weight is 236 g/mol. The molecule has 2 nitrogen and oxygen atoms in total. The Morgan fingerprint density at radius 2 is 2.25 bits per heavy atom. The molecule has 70 valence electrons. The van der Waals surface area contributed by atoms with Crippen LogP contribution in [0.4, 0.5) is 0 Å². The van der Waals surface area contributed by atoms with Crippen molar-refractivity contribution in [3.8, 4) is 0 Å². The van der Waals surface area contributed by atoms with Gasteiger partial charge in [-0.05, 0) is 23.9 Å². The molecule has 0 spiro atoms. The van der Waals surface area contributed by atoms with Crippen molar-refractivity contribution < 1.29 is 9.47 Å². The third kappa shape index (κ3) is 1.90. The van der Waals surface area contributed by atoms with Crippen LogP contribution in [0.15, 0.2) is 10.1 Å². The Bertz CT molecular complexity index is 189. The summed E-state index contributed by atoms with van der Waals surface area (Å²) in [5.41, 5.74) is 1.27. The highest BCUT2D eigenvalue weighted by Gasteiger charge is 2.31. The van der Waals surface area contributed by atoms with Crippen molar-refractivity contribution in [1.82, 2.24) is 0 Å². The summed E-state index contributed by atoms with van der Waals surface area (Å²) in [6.45, 7) is 4.83. The van der Waals surface area contributed by atoms with Crippen LogP contribution in [0.5, 0.6) is 0 Å². The molecular formula is C9H15BrO2. The first-order valence-corrected chi connectivity index (χ1v) is 4.99. The van der Waals surface area contributed by atoms with E-state index in [-0.39, 0.29) is 12.2 Å². The van der Waals surface area contributed by atoms with Crippen molar-refractivity contribution in [2.45, 2.75) is 32.5 Å². The van der Waals surface area contributed by atoms with Gasteiger partial charge in [-0.3, -0.25) is 0 Å². The first-order chi connectivity index (χ1) is 5.70. The van der Waals surface area contributed by atoms with Gasteiger partial charge in [-0.2, -0.15) is 0 Å². The molecule has 0 aromatic heterocycles. The highest BCUT2D eigenvalue weighted by Crippen LogP contribution is 2.34.